The van der Waals surface area contributed by atoms with E-state index < -0.39 is 0 Å². The van der Waals surface area contributed by atoms with Crippen LogP contribution in [0.5, 0.6) is 0 Å². The van der Waals surface area contributed by atoms with Crippen molar-refractivity contribution in [3.63, 3.8) is 0 Å². The van der Waals surface area contributed by atoms with Gasteiger partial charge in [0, 0.05) is 18.3 Å². The molecule has 0 unspecified atom stereocenters. The maximum atomic E-state index is 4.58. The normalized spacial score (nSPS) is 25.1. The number of hydrazone groups is 1. The fourth-order valence-corrected chi connectivity index (χ4v) is 2.47. The van der Waals surface area contributed by atoms with E-state index in [2.05, 4.69) is 42.2 Å². The van der Waals surface area contributed by atoms with E-state index in [9.17, 15) is 0 Å². The van der Waals surface area contributed by atoms with Crippen molar-refractivity contribution in [2.75, 3.05) is 0 Å². The molecule has 1 aromatic carbocycles. The molecule has 1 aliphatic rings. The second kappa shape index (κ2) is 6.39. The molecule has 1 aliphatic heterocycles. The largest absolute Gasteiger partial charge is 0.292 e. The Kier molecular flexibility index (Phi) is 4.57. The molecular weight excluding hydrogens is 220 g/mol. The summed E-state index contributed by atoms with van der Waals surface area (Å²) >= 11 is 0. The fourth-order valence-electron chi connectivity index (χ4n) is 2.47. The van der Waals surface area contributed by atoms with Crippen LogP contribution in [0.4, 0.5) is 0 Å². The summed E-state index contributed by atoms with van der Waals surface area (Å²) in [4.78, 5) is 0. The first kappa shape index (κ1) is 12.9. The SMILES string of the molecule is C[C@H]1CCC[C@H](C)N1/N=C\C=C\c1ccccc1. The highest BCUT2D eigenvalue weighted by Gasteiger charge is 2.22. The van der Waals surface area contributed by atoms with Crippen LogP contribution in [0, 0.1) is 0 Å². The molecule has 0 radical (unpaired) electrons. The van der Waals surface area contributed by atoms with E-state index >= 15 is 0 Å². The number of benzene rings is 1. The molecule has 1 aromatic rings. The van der Waals surface area contributed by atoms with Crippen LogP contribution in [0.1, 0.15) is 38.7 Å². The molecule has 0 aliphatic carbocycles. The standard InChI is InChI=1S/C16H22N2/c1-14-8-6-9-15(2)18(14)17-13-7-12-16-10-4-3-5-11-16/h3-5,7,10-15H,6,8-9H2,1-2H3/b12-7+,17-13-/t14-,15-/m0/s1. The van der Waals surface area contributed by atoms with Gasteiger partial charge >= 0.3 is 0 Å². The van der Waals surface area contributed by atoms with Crippen LogP contribution in [0.15, 0.2) is 41.5 Å². The van der Waals surface area contributed by atoms with Gasteiger partial charge in [0.2, 0.25) is 0 Å². The topological polar surface area (TPSA) is 15.6 Å². The minimum Gasteiger partial charge on any atom is -0.292 e. The highest BCUT2D eigenvalue weighted by atomic mass is 15.5. The molecule has 0 N–H and O–H groups in total. The lowest BCUT2D eigenvalue weighted by molar-refractivity contribution is 0.109. The molecule has 2 heteroatoms. The summed E-state index contributed by atoms with van der Waals surface area (Å²) in [5, 5.41) is 6.82. The van der Waals surface area contributed by atoms with Crippen LogP contribution < -0.4 is 0 Å². The average Bonchev–Trinajstić information content (AvgIpc) is 2.38. The van der Waals surface area contributed by atoms with Crippen molar-refractivity contribution in [2.45, 2.75) is 45.2 Å². The first-order valence-electron chi connectivity index (χ1n) is 6.81. The second-order valence-corrected chi connectivity index (χ2v) is 5.04. The minimum atomic E-state index is 0.565. The van der Waals surface area contributed by atoms with E-state index in [4.69, 9.17) is 0 Å². The van der Waals surface area contributed by atoms with Crippen molar-refractivity contribution in [1.29, 1.82) is 0 Å². The van der Waals surface area contributed by atoms with Gasteiger partial charge in [-0.2, -0.15) is 5.10 Å². The van der Waals surface area contributed by atoms with Crippen molar-refractivity contribution < 1.29 is 0 Å². The van der Waals surface area contributed by atoms with E-state index in [-0.39, 0.29) is 0 Å². The fraction of sp³-hybridized carbons (Fsp3) is 0.438. The second-order valence-electron chi connectivity index (χ2n) is 5.04. The van der Waals surface area contributed by atoms with Gasteiger partial charge in [0.15, 0.2) is 0 Å². The van der Waals surface area contributed by atoms with Crippen molar-refractivity contribution in [2.24, 2.45) is 5.10 Å². The van der Waals surface area contributed by atoms with Crippen LogP contribution in [0.3, 0.4) is 0 Å². The van der Waals surface area contributed by atoms with Crippen LogP contribution >= 0.6 is 0 Å². The molecule has 18 heavy (non-hydrogen) atoms. The summed E-state index contributed by atoms with van der Waals surface area (Å²) in [7, 11) is 0. The van der Waals surface area contributed by atoms with Gasteiger partial charge in [-0.1, -0.05) is 36.4 Å². The van der Waals surface area contributed by atoms with Gasteiger partial charge in [-0.15, -0.1) is 0 Å². The maximum Gasteiger partial charge on any atom is 0.0470 e. The molecule has 2 nitrogen and oxygen atoms in total. The summed E-state index contributed by atoms with van der Waals surface area (Å²) in [5.74, 6) is 0. The first-order chi connectivity index (χ1) is 8.77. The van der Waals surface area contributed by atoms with Crippen LogP contribution in [0.2, 0.25) is 0 Å². The Bertz CT molecular complexity index is 398. The Morgan fingerprint density at radius 2 is 1.78 bits per heavy atom. The summed E-state index contributed by atoms with van der Waals surface area (Å²) in [6, 6.07) is 11.4. The number of hydrogen-bond donors (Lipinski definition) is 0. The third-order valence-electron chi connectivity index (χ3n) is 3.52. The predicted molar refractivity (Wildman–Crippen MR) is 78.6 cm³/mol. The number of piperidine rings is 1. The lowest BCUT2D eigenvalue weighted by Crippen LogP contribution is -2.39. The van der Waals surface area contributed by atoms with Crippen LogP contribution in [-0.4, -0.2) is 23.3 Å². The predicted octanol–water partition coefficient (Wildman–Crippen LogP) is 3.95. The molecule has 1 heterocycles. The van der Waals surface area contributed by atoms with Gasteiger partial charge in [-0.05, 0) is 44.7 Å². The highest BCUT2D eigenvalue weighted by molar-refractivity contribution is 5.77. The van der Waals surface area contributed by atoms with Gasteiger partial charge in [-0.25, -0.2) is 0 Å². The molecule has 0 aromatic heterocycles. The Balaban J connectivity index is 1.92. The zero-order chi connectivity index (χ0) is 12.8. The monoisotopic (exact) mass is 242 g/mol. The summed E-state index contributed by atoms with van der Waals surface area (Å²) < 4.78 is 0. The van der Waals surface area contributed by atoms with E-state index in [0.717, 1.165) is 0 Å². The zero-order valence-electron chi connectivity index (χ0n) is 11.3. The number of nitrogens with zero attached hydrogens (tertiary/aromatic N) is 2. The third kappa shape index (κ3) is 3.46. The maximum absolute atomic E-state index is 4.58. The lowest BCUT2D eigenvalue weighted by Gasteiger charge is -2.36. The molecule has 0 spiro atoms. The van der Waals surface area contributed by atoms with Gasteiger partial charge < -0.3 is 0 Å². The number of rotatable bonds is 3. The summed E-state index contributed by atoms with van der Waals surface area (Å²) in [6.07, 6.45) is 9.85. The van der Waals surface area contributed by atoms with Crippen LogP contribution in [-0.2, 0) is 0 Å². The third-order valence-corrected chi connectivity index (χ3v) is 3.52. The molecule has 0 saturated carbocycles. The molecule has 2 rings (SSSR count). The summed E-state index contributed by atoms with van der Waals surface area (Å²) in [6.45, 7) is 4.52. The van der Waals surface area contributed by atoms with E-state index in [1.807, 2.05) is 30.5 Å². The van der Waals surface area contributed by atoms with E-state index in [0.29, 0.717) is 12.1 Å². The van der Waals surface area contributed by atoms with Crippen molar-refractivity contribution in [3.8, 4) is 0 Å². The Morgan fingerprint density at radius 3 is 2.44 bits per heavy atom. The van der Waals surface area contributed by atoms with E-state index in [1.54, 1.807) is 0 Å². The van der Waals surface area contributed by atoms with E-state index in [1.165, 1.54) is 24.8 Å². The molecular formula is C16H22N2. The Morgan fingerprint density at radius 1 is 1.11 bits per heavy atom. The quantitative estimate of drug-likeness (QED) is 0.733. The van der Waals surface area contributed by atoms with Crippen molar-refractivity contribution in [1.82, 2.24) is 5.01 Å². The Hall–Kier alpha value is -1.57. The van der Waals surface area contributed by atoms with Crippen molar-refractivity contribution >= 4 is 12.3 Å². The minimum absolute atomic E-state index is 0.565. The number of allylic oxidation sites excluding steroid dienone is 1. The molecule has 0 amide bonds. The average molecular weight is 242 g/mol. The zero-order valence-corrected chi connectivity index (χ0v) is 11.3. The molecule has 0 bridgehead atoms. The molecule has 1 saturated heterocycles. The lowest BCUT2D eigenvalue weighted by atomic mass is 10.00. The van der Waals surface area contributed by atoms with Gasteiger partial charge in [0.05, 0.1) is 0 Å². The van der Waals surface area contributed by atoms with Gasteiger partial charge in [-0.3, -0.25) is 5.01 Å². The summed E-state index contributed by atoms with van der Waals surface area (Å²) in [5.41, 5.74) is 1.21. The van der Waals surface area contributed by atoms with Crippen LogP contribution in [0.25, 0.3) is 6.08 Å². The molecule has 1 fully saturated rings. The van der Waals surface area contributed by atoms with Crippen molar-refractivity contribution in [3.05, 3.63) is 42.0 Å². The Labute approximate surface area is 110 Å². The molecule has 2 atom stereocenters. The van der Waals surface area contributed by atoms with Gasteiger partial charge in [0.1, 0.15) is 0 Å². The first-order valence-corrected chi connectivity index (χ1v) is 6.81. The smallest absolute Gasteiger partial charge is 0.0470 e. The highest BCUT2D eigenvalue weighted by Crippen LogP contribution is 2.22. The number of hydrogen-bond acceptors (Lipinski definition) is 2. The molecule has 96 valence electrons. The van der Waals surface area contributed by atoms with Gasteiger partial charge in [0.25, 0.3) is 0 Å².